The van der Waals surface area contributed by atoms with Gasteiger partial charge >= 0.3 is 6.03 Å². The second kappa shape index (κ2) is 2.95. The van der Waals surface area contributed by atoms with Crippen molar-refractivity contribution in [1.29, 1.82) is 0 Å². The summed E-state index contributed by atoms with van der Waals surface area (Å²) >= 11 is 0. The van der Waals surface area contributed by atoms with Gasteiger partial charge in [-0.2, -0.15) is 4.99 Å². The molecule has 15 heavy (non-hydrogen) atoms. The molecule has 0 aromatic heterocycles. The third-order valence-corrected chi connectivity index (χ3v) is 3.97. The molecule has 5 nitrogen and oxygen atoms in total. The lowest BCUT2D eigenvalue weighted by atomic mass is 9.83. The molecule has 3 aliphatic heterocycles. The normalized spacial score (nSPS) is 40.4. The van der Waals surface area contributed by atoms with Crippen molar-refractivity contribution < 1.29 is 4.79 Å². The molecule has 1 spiro atoms. The highest BCUT2D eigenvalue weighted by molar-refractivity contribution is 6.05. The largest absolute Gasteiger partial charge is 0.385 e. The number of nitrogens with one attached hydrogen (secondary N) is 1. The van der Waals surface area contributed by atoms with E-state index in [2.05, 4.69) is 15.2 Å². The van der Waals surface area contributed by atoms with Gasteiger partial charge < -0.3 is 16.0 Å². The van der Waals surface area contributed by atoms with Crippen molar-refractivity contribution in [1.82, 2.24) is 10.2 Å². The van der Waals surface area contributed by atoms with E-state index in [0.717, 1.165) is 19.4 Å². The highest BCUT2D eigenvalue weighted by atomic mass is 16.2. The van der Waals surface area contributed by atoms with Gasteiger partial charge in [-0.1, -0.05) is 0 Å². The Morgan fingerprint density at radius 2 is 2.40 bits per heavy atom. The Balaban J connectivity index is 1.84. The lowest BCUT2D eigenvalue weighted by Crippen LogP contribution is -2.59. The third-order valence-electron chi connectivity index (χ3n) is 3.97. The highest BCUT2D eigenvalue weighted by Gasteiger charge is 2.47. The number of nitrogens with zero attached hydrogens (tertiary/aromatic N) is 2. The van der Waals surface area contributed by atoms with Gasteiger partial charge in [-0.3, -0.25) is 0 Å². The first-order valence-electron chi connectivity index (χ1n) is 5.60. The molecule has 0 aromatic rings. The monoisotopic (exact) mass is 208 g/mol. The average molecular weight is 208 g/mol. The topological polar surface area (TPSA) is 70.7 Å². The van der Waals surface area contributed by atoms with Crippen LogP contribution in [-0.4, -0.2) is 41.4 Å². The number of nitrogens with two attached hydrogens (primary N) is 1. The van der Waals surface area contributed by atoms with Crippen molar-refractivity contribution in [3.05, 3.63) is 0 Å². The fourth-order valence-electron chi connectivity index (χ4n) is 3.12. The maximum absolute atomic E-state index is 11.2. The summed E-state index contributed by atoms with van der Waals surface area (Å²) in [6, 6.07) is 0.324. The number of fused-ring (bicyclic) bond motifs is 1. The van der Waals surface area contributed by atoms with E-state index in [9.17, 15) is 4.79 Å². The SMILES string of the molecule is NC1=NC(=O)NC12CCN1CCCC1C2. The molecular formula is C10H16N4O. The summed E-state index contributed by atoms with van der Waals surface area (Å²) in [5.74, 6) is 0.499. The van der Waals surface area contributed by atoms with Crippen LogP contribution in [0.2, 0.25) is 0 Å². The predicted molar refractivity (Wildman–Crippen MR) is 56.7 cm³/mol. The summed E-state index contributed by atoms with van der Waals surface area (Å²) in [7, 11) is 0. The molecular weight excluding hydrogens is 192 g/mol. The number of carbonyl (C=O) groups is 1. The van der Waals surface area contributed by atoms with E-state index in [1.807, 2.05) is 0 Å². The van der Waals surface area contributed by atoms with E-state index >= 15 is 0 Å². The van der Waals surface area contributed by atoms with Crippen LogP contribution in [0.25, 0.3) is 0 Å². The van der Waals surface area contributed by atoms with Gasteiger partial charge in [0.25, 0.3) is 0 Å². The van der Waals surface area contributed by atoms with E-state index in [4.69, 9.17) is 5.73 Å². The van der Waals surface area contributed by atoms with Crippen molar-refractivity contribution in [3.63, 3.8) is 0 Å². The van der Waals surface area contributed by atoms with Gasteiger partial charge in [0, 0.05) is 12.6 Å². The fourth-order valence-corrected chi connectivity index (χ4v) is 3.12. The van der Waals surface area contributed by atoms with Gasteiger partial charge in [-0.15, -0.1) is 0 Å². The Bertz CT molecular complexity index is 340. The summed E-state index contributed by atoms with van der Waals surface area (Å²) in [6.45, 7) is 2.23. The number of aliphatic imine (C=N–C) groups is 1. The van der Waals surface area contributed by atoms with E-state index < -0.39 is 0 Å². The van der Waals surface area contributed by atoms with Crippen LogP contribution in [0.5, 0.6) is 0 Å². The minimum atomic E-state index is -0.317. The molecule has 3 aliphatic rings. The zero-order valence-electron chi connectivity index (χ0n) is 8.70. The summed E-state index contributed by atoms with van der Waals surface area (Å²) in [5, 5.41) is 2.94. The fraction of sp³-hybridized carbons (Fsp3) is 0.800. The molecule has 3 N–H and O–H groups in total. The molecule has 0 bridgehead atoms. The molecule has 2 amide bonds. The van der Waals surface area contributed by atoms with Crippen LogP contribution in [0.1, 0.15) is 25.7 Å². The maximum atomic E-state index is 11.2. The smallest absolute Gasteiger partial charge is 0.343 e. The van der Waals surface area contributed by atoms with Gasteiger partial charge in [0.05, 0.1) is 0 Å². The van der Waals surface area contributed by atoms with Crippen LogP contribution in [0.4, 0.5) is 4.79 Å². The maximum Gasteiger partial charge on any atom is 0.343 e. The molecule has 5 heteroatoms. The number of piperidine rings is 1. The number of amides is 2. The van der Waals surface area contributed by atoms with E-state index in [-0.39, 0.29) is 11.6 Å². The lowest BCUT2D eigenvalue weighted by molar-refractivity contribution is 0.149. The first kappa shape index (κ1) is 9.15. The number of hydrogen-bond acceptors (Lipinski definition) is 3. The number of hydrogen-bond donors (Lipinski definition) is 2. The molecule has 0 aliphatic carbocycles. The van der Waals surface area contributed by atoms with Gasteiger partial charge in [0.2, 0.25) is 0 Å². The van der Waals surface area contributed by atoms with Crippen LogP contribution in [0, 0.1) is 0 Å². The molecule has 2 saturated heterocycles. The summed E-state index contributed by atoms with van der Waals surface area (Å²) in [6.07, 6.45) is 4.34. The van der Waals surface area contributed by atoms with E-state index in [0.29, 0.717) is 11.9 Å². The summed E-state index contributed by atoms with van der Waals surface area (Å²) in [4.78, 5) is 17.5. The Kier molecular flexibility index (Phi) is 1.80. The van der Waals surface area contributed by atoms with Crippen LogP contribution < -0.4 is 11.1 Å². The Morgan fingerprint density at radius 3 is 3.13 bits per heavy atom. The Morgan fingerprint density at radius 1 is 1.53 bits per heavy atom. The number of rotatable bonds is 0. The number of amidine groups is 1. The van der Waals surface area contributed by atoms with Crippen molar-refractivity contribution >= 4 is 11.9 Å². The molecule has 0 saturated carbocycles. The van der Waals surface area contributed by atoms with Crippen molar-refractivity contribution in [2.24, 2.45) is 10.7 Å². The zero-order chi connectivity index (χ0) is 10.5. The molecule has 0 aromatic carbocycles. The molecule has 0 radical (unpaired) electrons. The van der Waals surface area contributed by atoms with Crippen LogP contribution in [-0.2, 0) is 0 Å². The van der Waals surface area contributed by atoms with E-state index in [1.165, 1.54) is 19.4 Å². The van der Waals surface area contributed by atoms with E-state index in [1.54, 1.807) is 0 Å². The number of carbonyl (C=O) groups excluding carboxylic acids is 1. The van der Waals surface area contributed by atoms with Crippen molar-refractivity contribution in [2.75, 3.05) is 13.1 Å². The molecule has 2 unspecified atom stereocenters. The first-order valence-corrected chi connectivity index (χ1v) is 5.60. The van der Waals surface area contributed by atoms with Crippen LogP contribution >= 0.6 is 0 Å². The minimum Gasteiger partial charge on any atom is -0.385 e. The standard InChI is InChI=1S/C10H16N4O/c11-8-10(13-9(15)12-8)3-5-14-4-1-2-7(14)6-10/h7H,1-6H2,(H3,11,12,13,15). The van der Waals surface area contributed by atoms with Gasteiger partial charge in [-0.05, 0) is 32.2 Å². The number of urea groups is 1. The molecule has 2 fully saturated rings. The van der Waals surface area contributed by atoms with Crippen LogP contribution in [0.15, 0.2) is 4.99 Å². The molecule has 2 atom stereocenters. The Labute approximate surface area is 88.7 Å². The quantitative estimate of drug-likeness (QED) is 0.591. The van der Waals surface area contributed by atoms with Gasteiger partial charge in [-0.25, -0.2) is 4.79 Å². The van der Waals surface area contributed by atoms with Crippen molar-refractivity contribution in [2.45, 2.75) is 37.3 Å². The molecule has 3 rings (SSSR count). The van der Waals surface area contributed by atoms with Gasteiger partial charge in [0.15, 0.2) is 0 Å². The Hall–Kier alpha value is -1.10. The molecule has 3 heterocycles. The third kappa shape index (κ3) is 1.26. The van der Waals surface area contributed by atoms with Gasteiger partial charge in [0.1, 0.15) is 11.4 Å². The summed E-state index contributed by atoms with van der Waals surface area (Å²) < 4.78 is 0. The lowest BCUT2D eigenvalue weighted by Gasteiger charge is -2.41. The first-order chi connectivity index (χ1) is 7.20. The van der Waals surface area contributed by atoms with Crippen LogP contribution in [0.3, 0.4) is 0 Å². The second-order valence-electron chi connectivity index (χ2n) is 4.80. The van der Waals surface area contributed by atoms with Crippen molar-refractivity contribution in [3.8, 4) is 0 Å². The molecule has 82 valence electrons. The highest BCUT2D eigenvalue weighted by Crippen LogP contribution is 2.34. The zero-order valence-corrected chi connectivity index (χ0v) is 8.70. The minimum absolute atomic E-state index is 0.265. The average Bonchev–Trinajstić information content (AvgIpc) is 2.72. The predicted octanol–water partition coefficient (Wildman–Crippen LogP) is 0.0638. The summed E-state index contributed by atoms with van der Waals surface area (Å²) in [5.41, 5.74) is 5.55. The second-order valence-corrected chi connectivity index (χ2v) is 4.80.